The molecule has 0 bridgehead atoms. The van der Waals surface area contributed by atoms with Crippen LogP contribution in [0.25, 0.3) is 0 Å². The largest absolute Gasteiger partial charge is 0.494 e. The minimum atomic E-state index is -0.495. The first-order chi connectivity index (χ1) is 18.0. The molecule has 2 N–H and O–H groups in total. The molecule has 2 aromatic heterocycles. The smallest absolute Gasteiger partial charge is 0.255 e. The van der Waals surface area contributed by atoms with Crippen molar-refractivity contribution in [2.24, 2.45) is 0 Å². The van der Waals surface area contributed by atoms with Gasteiger partial charge in [0.1, 0.15) is 11.8 Å². The summed E-state index contributed by atoms with van der Waals surface area (Å²) in [6.07, 6.45) is 3.27. The van der Waals surface area contributed by atoms with Gasteiger partial charge in [-0.1, -0.05) is 53.7 Å². The molecule has 0 saturated heterocycles. The molecule has 188 valence electrons. The van der Waals surface area contributed by atoms with Crippen LogP contribution in [-0.4, -0.2) is 32.3 Å². The van der Waals surface area contributed by atoms with E-state index in [0.717, 1.165) is 16.9 Å². The van der Waals surface area contributed by atoms with Crippen LogP contribution < -0.4 is 15.4 Å². The summed E-state index contributed by atoms with van der Waals surface area (Å²) < 4.78 is 7.38. The van der Waals surface area contributed by atoms with E-state index in [1.807, 2.05) is 62.4 Å². The second kappa shape index (κ2) is 11.1. The van der Waals surface area contributed by atoms with Gasteiger partial charge in [-0.15, -0.1) is 5.10 Å². The van der Waals surface area contributed by atoms with Crippen LogP contribution in [0.15, 0.2) is 89.5 Å². The number of thioether (sulfide) groups is 1. The van der Waals surface area contributed by atoms with Crippen LogP contribution >= 0.6 is 23.4 Å². The number of amides is 1. The van der Waals surface area contributed by atoms with Crippen LogP contribution in [0.3, 0.4) is 0 Å². The Hall–Kier alpha value is -3.82. The molecule has 10 heteroatoms. The molecule has 5 rings (SSSR count). The molecule has 0 spiro atoms. The van der Waals surface area contributed by atoms with Crippen molar-refractivity contribution < 1.29 is 9.53 Å². The summed E-state index contributed by atoms with van der Waals surface area (Å²) in [4.78, 5) is 22.4. The van der Waals surface area contributed by atoms with E-state index < -0.39 is 6.04 Å². The normalized spacial score (nSPS) is 14.6. The fourth-order valence-electron chi connectivity index (χ4n) is 4.10. The predicted molar refractivity (Wildman–Crippen MR) is 146 cm³/mol. The number of ether oxygens (including phenoxy) is 1. The maximum Gasteiger partial charge on any atom is 0.255 e. The molecule has 1 aliphatic heterocycles. The van der Waals surface area contributed by atoms with Gasteiger partial charge in [-0.05, 0) is 55.3 Å². The maximum atomic E-state index is 13.6. The van der Waals surface area contributed by atoms with Crippen LogP contribution in [-0.2, 0) is 10.5 Å². The number of rotatable bonds is 8. The van der Waals surface area contributed by atoms with Gasteiger partial charge in [0.2, 0.25) is 11.1 Å². The van der Waals surface area contributed by atoms with Gasteiger partial charge in [0, 0.05) is 22.7 Å². The Bertz CT molecular complexity index is 1440. The van der Waals surface area contributed by atoms with Gasteiger partial charge in [-0.25, -0.2) is 4.68 Å². The van der Waals surface area contributed by atoms with Crippen LogP contribution in [0, 0.1) is 0 Å². The molecule has 0 fully saturated rings. The molecule has 37 heavy (non-hydrogen) atoms. The fraction of sp³-hybridized carbons (Fsp3) is 0.185. The number of nitrogens with zero attached hydrogens (tertiary/aromatic N) is 4. The Balaban J connectivity index is 1.49. The highest BCUT2D eigenvalue weighted by molar-refractivity contribution is 7.98. The molecule has 0 saturated carbocycles. The van der Waals surface area contributed by atoms with Crippen LogP contribution in [0.2, 0.25) is 5.02 Å². The van der Waals surface area contributed by atoms with E-state index >= 15 is 0 Å². The second-order valence-electron chi connectivity index (χ2n) is 8.31. The third-order valence-electron chi connectivity index (χ3n) is 5.82. The van der Waals surface area contributed by atoms with Crippen molar-refractivity contribution in [3.8, 4) is 5.75 Å². The van der Waals surface area contributed by atoms with Crippen molar-refractivity contribution in [1.82, 2.24) is 19.7 Å². The molecule has 3 heterocycles. The number of carbonyl (C=O) groups is 1. The molecule has 1 amide bonds. The Kier molecular flexibility index (Phi) is 7.43. The van der Waals surface area contributed by atoms with Crippen LogP contribution in [0.4, 0.5) is 11.6 Å². The van der Waals surface area contributed by atoms with Gasteiger partial charge < -0.3 is 15.4 Å². The van der Waals surface area contributed by atoms with Gasteiger partial charge in [0.25, 0.3) is 5.91 Å². The lowest BCUT2D eigenvalue weighted by Crippen LogP contribution is -2.31. The fourth-order valence-corrected chi connectivity index (χ4v) is 5.22. The quantitative estimate of drug-likeness (QED) is 0.271. The molecule has 1 unspecified atom stereocenters. The molecule has 0 radical (unpaired) electrons. The number of allylic oxidation sites excluding steroid dienone is 1. The average Bonchev–Trinajstić information content (AvgIpc) is 3.31. The zero-order chi connectivity index (χ0) is 25.8. The molecule has 1 aliphatic rings. The lowest BCUT2D eigenvalue weighted by molar-refractivity contribution is -0.113. The molecule has 1 atom stereocenters. The lowest BCUT2D eigenvalue weighted by Gasteiger charge is -2.28. The number of anilines is 2. The average molecular weight is 533 g/mol. The molecule has 2 aromatic carbocycles. The number of benzene rings is 2. The first kappa shape index (κ1) is 24.9. The number of hydrogen-bond donors (Lipinski definition) is 2. The number of hydrogen-bond acceptors (Lipinski definition) is 7. The highest BCUT2D eigenvalue weighted by Gasteiger charge is 2.34. The molecular formula is C27H25ClN6O2S. The van der Waals surface area contributed by atoms with E-state index in [0.29, 0.717) is 45.4 Å². The first-order valence-electron chi connectivity index (χ1n) is 11.8. The van der Waals surface area contributed by atoms with Crippen molar-refractivity contribution in [2.45, 2.75) is 30.8 Å². The standard InChI is InChI=1S/C27H25ClN6O2S/c1-3-36-21-12-10-18(11-13-21)24-23(25(35)31-20-8-6-14-29-15-20)17(2)30-26-32-27(33-34(24)26)37-16-19-7-4-5-9-22(19)28/h4-15,24H,3,16H2,1-2H3,(H,31,35)(H,30,32,33). The molecule has 0 aliphatic carbocycles. The summed E-state index contributed by atoms with van der Waals surface area (Å²) >= 11 is 7.82. The third kappa shape index (κ3) is 5.47. The summed E-state index contributed by atoms with van der Waals surface area (Å²) in [5.74, 6) is 1.70. The third-order valence-corrected chi connectivity index (χ3v) is 7.07. The summed E-state index contributed by atoms with van der Waals surface area (Å²) in [6, 6.07) is 18.5. The Labute approximate surface area is 224 Å². The van der Waals surface area contributed by atoms with E-state index in [1.165, 1.54) is 11.8 Å². The molecule has 4 aromatic rings. The van der Waals surface area contributed by atoms with Crippen molar-refractivity contribution in [3.05, 3.63) is 100 Å². The lowest BCUT2D eigenvalue weighted by atomic mass is 9.95. The van der Waals surface area contributed by atoms with Gasteiger partial charge in [0.05, 0.1) is 24.1 Å². The minimum absolute atomic E-state index is 0.247. The van der Waals surface area contributed by atoms with Crippen molar-refractivity contribution in [2.75, 3.05) is 17.2 Å². The van der Waals surface area contributed by atoms with E-state index in [-0.39, 0.29) is 5.91 Å². The monoisotopic (exact) mass is 532 g/mol. The summed E-state index contributed by atoms with van der Waals surface area (Å²) in [7, 11) is 0. The second-order valence-corrected chi connectivity index (χ2v) is 9.66. The van der Waals surface area contributed by atoms with Crippen LogP contribution in [0.1, 0.15) is 31.0 Å². The summed E-state index contributed by atoms with van der Waals surface area (Å²) in [5, 5.41) is 12.3. The van der Waals surface area contributed by atoms with Crippen molar-refractivity contribution in [3.63, 3.8) is 0 Å². The van der Waals surface area contributed by atoms with E-state index in [9.17, 15) is 4.79 Å². The maximum absolute atomic E-state index is 13.6. The number of halogens is 1. The Morgan fingerprint density at radius 2 is 1.97 bits per heavy atom. The number of carbonyl (C=O) groups excluding carboxylic acids is 1. The van der Waals surface area contributed by atoms with Crippen molar-refractivity contribution in [1.29, 1.82) is 0 Å². The zero-order valence-corrected chi connectivity index (χ0v) is 21.9. The number of nitrogens with one attached hydrogen (secondary N) is 2. The minimum Gasteiger partial charge on any atom is -0.494 e. The summed E-state index contributed by atoms with van der Waals surface area (Å²) in [6.45, 7) is 4.38. The zero-order valence-electron chi connectivity index (χ0n) is 20.3. The number of aromatic nitrogens is 4. The van der Waals surface area contributed by atoms with E-state index in [1.54, 1.807) is 29.2 Å². The van der Waals surface area contributed by atoms with Crippen LogP contribution in [0.5, 0.6) is 5.75 Å². The van der Waals surface area contributed by atoms with E-state index in [2.05, 4.69) is 15.6 Å². The van der Waals surface area contributed by atoms with Gasteiger partial charge in [0.15, 0.2) is 0 Å². The number of fused-ring (bicyclic) bond motifs is 1. The number of pyridine rings is 1. The van der Waals surface area contributed by atoms with Gasteiger partial charge in [-0.3, -0.25) is 9.78 Å². The van der Waals surface area contributed by atoms with Gasteiger partial charge >= 0.3 is 0 Å². The first-order valence-corrected chi connectivity index (χ1v) is 13.1. The summed E-state index contributed by atoms with van der Waals surface area (Å²) in [5.41, 5.74) is 3.73. The van der Waals surface area contributed by atoms with Gasteiger partial charge in [-0.2, -0.15) is 4.98 Å². The van der Waals surface area contributed by atoms with E-state index in [4.69, 9.17) is 26.4 Å². The SMILES string of the molecule is CCOc1ccc(C2C(C(=O)Nc3cccnc3)=C(C)Nc3nc(SCc4ccccc4Cl)nn32)cc1. The topological polar surface area (TPSA) is 94.0 Å². The Morgan fingerprint density at radius 3 is 2.70 bits per heavy atom. The van der Waals surface area contributed by atoms with Crippen molar-refractivity contribution >= 4 is 40.9 Å². The molecular weight excluding hydrogens is 508 g/mol. The predicted octanol–water partition coefficient (Wildman–Crippen LogP) is 5.95. The highest BCUT2D eigenvalue weighted by Crippen LogP contribution is 2.37. The molecule has 8 nitrogen and oxygen atoms in total. The Morgan fingerprint density at radius 1 is 1.16 bits per heavy atom. The highest BCUT2D eigenvalue weighted by atomic mass is 35.5.